The third-order valence-electron chi connectivity index (χ3n) is 2.74. The third kappa shape index (κ3) is 3.83. The molecule has 4 heteroatoms. The Hall–Kier alpha value is -0.480. The lowest BCUT2D eigenvalue weighted by molar-refractivity contribution is 0.554. The van der Waals surface area contributed by atoms with Crippen molar-refractivity contribution in [3.05, 3.63) is 18.2 Å². The van der Waals surface area contributed by atoms with Crippen molar-refractivity contribution in [2.24, 2.45) is 7.05 Å². The minimum atomic E-state index is 0.365. The summed E-state index contributed by atoms with van der Waals surface area (Å²) < 4.78 is 2.10. The lowest BCUT2D eigenvalue weighted by Gasteiger charge is -2.19. The van der Waals surface area contributed by atoms with Gasteiger partial charge in [-0.05, 0) is 13.0 Å². The highest BCUT2D eigenvalue weighted by Crippen LogP contribution is 2.21. The van der Waals surface area contributed by atoms with Gasteiger partial charge >= 0.3 is 0 Å². The van der Waals surface area contributed by atoms with Crippen molar-refractivity contribution in [1.29, 1.82) is 0 Å². The van der Waals surface area contributed by atoms with Crippen LogP contribution < -0.4 is 5.32 Å². The molecule has 2 atom stereocenters. The van der Waals surface area contributed by atoms with Gasteiger partial charge in [-0.2, -0.15) is 11.8 Å². The summed E-state index contributed by atoms with van der Waals surface area (Å²) in [5.41, 5.74) is 0. The van der Waals surface area contributed by atoms with E-state index in [1.807, 2.05) is 24.2 Å². The van der Waals surface area contributed by atoms with E-state index in [-0.39, 0.29) is 0 Å². The van der Waals surface area contributed by atoms with Crippen molar-refractivity contribution in [2.45, 2.75) is 38.5 Å². The van der Waals surface area contributed by atoms with Crippen LogP contribution >= 0.6 is 11.8 Å². The van der Waals surface area contributed by atoms with Gasteiger partial charge in [0, 0.05) is 30.4 Å². The second-order valence-corrected chi connectivity index (χ2v) is 5.53. The van der Waals surface area contributed by atoms with Crippen LogP contribution in [0.25, 0.3) is 0 Å². The first-order valence-corrected chi connectivity index (χ1v) is 7.06. The van der Waals surface area contributed by atoms with Crippen LogP contribution in [0.4, 0.5) is 0 Å². The second-order valence-electron chi connectivity index (χ2n) is 4.06. The fraction of sp³-hybridized carbons (Fsp3) is 0.750. The van der Waals surface area contributed by atoms with E-state index in [1.54, 1.807) is 0 Å². The molecule has 0 saturated heterocycles. The SMILES string of the molecule is CCNC(CSC(C)CC)c1nccn1C. The summed E-state index contributed by atoms with van der Waals surface area (Å²) in [6, 6.07) is 0.365. The predicted molar refractivity (Wildman–Crippen MR) is 71.8 cm³/mol. The molecular weight excluding hydrogens is 218 g/mol. The highest BCUT2D eigenvalue weighted by Gasteiger charge is 2.15. The number of imidazole rings is 1. The average molecular weight is 241 g/mol. The number of thioether (sulfide) groups is 1. The summed E-state index contributed by atoms with van der Waals surface area (Å²) in [5.74, 6) is 2.23. The zero-order valence-electron chi connectivity index (χ0n) is 10.7. The molecule has 0 aliphatic rings. The van der Waals surface area contributed by atoms with Gasteiger partial charge in [0.15, 0.2) is 0 Å². The molecule has 1 heterocycles. The lowest BCUT2D eigenvalue weighted by Crippen LogP contribution is -2.26. The summed E-state index contributed by atoms with van der Waals surface area (Å²) in [6.07, 6.45) is 5.10. The minimum absolute atomic E-state index is 0.365. The average Bonchev–Trinajstić information content (AvgIpc) is 2.70. The van der Waals surface area contributed by atoms with E-state index in [1.165, 1.54) is 6.42 Å². The Bertz CT molecular complexity index is 298. The van der Waals surface area contributed by atoms with Crippen molar-refractivity contribution in [3.63, 3.8) is 0 Å². The van der Waals surface area contributed by atoms with E-state index in [9.17, 15) is 0 Å². The van der Waals surface area contributed by atoms with Crippen LogP contribution in [-0.4, -0.2) is 27.1 Å². The smallest absolute Gasteiger partial charge is 0.126 e. The maximum Gasteiger partial charge on any atom is 0.126 e. The van der Waals surface area contributed by atoms with E-state index in [0.29, 0.717) is 6.04 Å². The maximum absolute atomic E-state index is 4.43. The fourth-order valence-corrected chi connectivity index (χ4v) is 2.59. The van der Waals surface area contributed by atoms with Gasteiger partial charge in [-0.3, -0.25) is 0 Å². The van der Waals surface area contributed by atoms with Crippen LogP contribution in [0.5, 0.6) is 0 Å². The summed E-state index contributed by atoms with van der Waals surface area (Å²) in [4.78, 5) is 4.43. The number of rotatable bonds is 7. The van der Waals surface area contributed by atoms with Gasteiger partial charge in [-0.25, -0.2) is 4.98 Å². The molecule has 92 valence electrons. The summed E-state index contributed by atoms with van der Waals surface area (Å²) in [6.45, 7) is 7.65. The maximum atomic E-state index is 4.43. The Morgan fingerprint density at radius 3 is 2.75 bits per heavy atom. The van der Waals surface area contributed by atoms with Crippen molar-refractivity contribution in [2.75, 3.05) is 12.3 Å². The first kappa shape index (κ1) is 13.6. The first-order chi connectivity index (χ1) is 7.69. The quantitative estimate of drug-likeness (QED) is 0.796. The van der Waals surface area contributed by atoms with Gasteiger partial charge in [-0.1, -0.05) is 20.8 Å². The molecule has 0 spiro atoms. The lowest BCUT2D eigenvalue weighted by atomic mass is 10.3. The topological polar surface area (TPSA) is 29.9 Å². The summed E-state index contributed by atoms with van der Waals surface area (Å²) in [7, 11) is 2.06. The van der Waals surface area contributed by atoms with Gasteiger partial charge in [0.25, 0.3) is 0 Å². The van der Waals surface area contributed by atoms with Crippen LogP contribution in [-0.2, 0) is 7.05 Å². The molecule has 0 fully saturated rings. The van der Waals surface area contributed by atoms with Gasteiger partial charge in [0.1, 0.15) is 5.82 Å². The summed E-state index contributed by atoms with van der Waals surface area (Å²) in [5, 5.41) is 4.22. The molecule has 0 aliphatic carbocycles. The molecule has 1 aromatic rings. The zero-order chi connectivity index (χ0) is 12.0. The van der Waals surface area contributed by atoms with Gasteiger partial charge in [0.05, 0.1) is 6.04 Å². The number of hydrogen-bond donors (Lipinski definition) is 1. The van der Waals surface area contributed by atoms with Gasteiger partial charge < -0.3 is 9.88 Å². The van der Waals surface area contributed by atoms with Crippen LogP contribution in [0.1, 0.15) is 39.1 Å². The molecule has 0 aliphatic heterocycles. The highest BCUT2D eigenvalue weighted by molar-refractivity contribution is 7.99. The van der Waals surface area contributed by atoms with E-state index in [0.717, 1.165) is 23.4 Å². The molecule has 0 radical (unpaired) electrons. The molecule has 0 bridgehead atoms. The predicted octanol–water partition coefficient (Wildman–Crippen LogP) is 2.60. The summed E-state index contributed by atoms with van der Waals surface area (Å²) >= 11 is 2.02. The van der Waals surface area contributed by atoms with Crippen LogP contribution in [0.3, 0.4) is 0 Å². The van der Waals surface area contributed by atoms with Crippen LogP contribution in [0.2, 0.25) is 0 Å². The Morgan fingerprint density at radius 2 is 2.25 bits per heavy atom. The number of aryl methyl sites for hydroxylation is 1. The fourth-order valence-electron chi connectivity index (χ4n) is 1.56. The minimum Gasteiger partial charge on any atom is -0.337 e. The van der Waals surface area contributed by atoms with Crippen LogP contribution in [0, 0.1) is 0 Å². The zero-order valence-corrected chi connectivity index (χ0v) is 11.5. The highest BCUT2D eigenvalue weighted by atomic mass is 32.2. The van der Waals surface area contributed by atoms with E-state index in [2.05, 4.69) is 42.7 Å². The number of aromatic nitrogens is 2. The monoisotopic (exact) mass is 241 g/mol. The molecule has 2 unspecified atom stereocenters. The molecule has 3 nitrogen and oxygen atoms in total. The third-order valence-corrected chi connectivity index (χ3v) is 4.17. The number of nitrogens with zero attached hydrogens (tertiary/aromatic N) is 2. The molecule has 16 heavy (non-hydrogen) atoms. The molecular formula is C12H23N3S. The molecule has 0 aromatic carbocycles. The molecule has 0 amide bonds. The Balaban J connectivity index is 2.58. The Kier molecular flexibility index (Phi) is 5.91. The molecule has 1 rings (SSSR count). The Labute approximate surface area is 103 Å². The van der Waals surface area contributed by atoms with Crippen LogP contribution in [0.15, 0.2) is 12.4 Å². The second kappa shape index (κ2) is 6.97. The van der Waals surface area contributed by atoms with Crippen molar-refractivity contribution >= 4 is 11.8 Å². The van der Waals surface area contributed by atoms with Gasteiger partial charge in [-0.15, -0.1) is 0 Å². The normalized spacial score (nSPS) is 15.0. The first-order valence-electron chi connectivity index (χ1n) is 6.01. The number of nitrogens with one attached hydrogen (secondary N) is 1. The Morgan fingerprint density at radius 1 is 1.50 bits per heavy atom. The standard InChI is InChI=1S/C12H23N3S/c1-5-10(3)16-9-11(13-6-2)12-14-7-8-15(12)4/h7-8,10-11,13H,5-6,9H2,1-4H3. The largest absolute Gasteiger partial charge is 0.337 e. The van der Waals surface area contributed by atoms with E-state index in [4.69, 9.17) is 0 Å². The van der Waals surface area contributed by atoms with Crippen molar-refractivity contribution in [3.8, 4) is 0 Å². The van der Waals surface area contributed by atoms with E-state index >= 15 is 0 Å². The molecule has 1 aromatic heterocycles. The number of hydrogen-bond acceptors (Lipinski definition) is 3. The van der Waals surface area contributed by atoms with E-state index < -0.39 is 0 Å². The molecule has 0 saturated carbocycles. The molecule has 1 N–H and O–H groups in total. The van der Waals surface area contributed by atoms with Gasteiger partial charge in [0.2, 0.25) is 0 Å². The van der Waals surface area contributed by atoms with Crippen molar-refractivity contribution < 1.29 is 0 Å². The van der Waals surface area contributed by atoms with Crippen molar-refractivity contribution in [1.82, 2.24) is 14.9 Å².